The molecule has 2 aromatic rings. The Morgan fingerprint density at radius 2 is 2.00 bits per heavy atom. The number of ether oxygens (including phenoxy) is 1. The Hall–Kier alpha value is -1.67. The minimum Gasteiger partial charge on any atom is -0.459 e. The van der Waals surface area contributed by atoms with E-state index in [1.165, 1.54) is 16.2 Å². The van der Waals surface area contributed by atoms with Crippen molar-refractivity contribution in [1.82, 2.24) is 9.78 Å². The fraction of sp³-hybridized carbons (Fsp3) is 0.526. The molecular weight excluding hydrogens is 430 g/mol. The van der Waals surface area contributed by atoms with Crippen LogP contribution in [0.2, 0.25) is 0 Å². The molecule has 27 heavy (non-hydrogen) atoms. The normalized spacial score (nSPS) is 13.6. The smallest absolute Gasteiger partial charge is 0.341 e. The zero-order valence-corrected chi connectivity index (χ0v) is 18.4. The number of aryl methyl sites for hydroxylation is 2. The first-order valence-corrected chi connectivity index (χ1v) is 10.7. The summed E-state index contributed by atoms with van der Waals surface area (Å²) in [6.45, 7) is 7.55. The summed E-state index contributed by atoms with van der Waals surface area (Å²) in [7, 11) is 0. The minimum absolute atomic E-state index is 0.0967. The number of carbonyl (C=O) groups excluding carboxylic acids is 2. The first-order chi connectivity index (χ1) is 12.8. The van der Waals surface area contributed by atoms with Gasteiger partial charge in [-0.3, -0.25) is 9.48 Å². The molecule has 1 aliphatic rings. The molecule has 0 radical (unpaired) electrons. The number of carbonyl (C=O) groups is 2. The molecule has 0 saturated heterocycles. The van der Waals surface area contributed by atoms with E-state index in [1.807, 2.05) is 27.7 Å². The second-order valence-electron chi connectivity index (χ2n) is 7.06. The quantitative estimate of drug-likeness (QED) is 0.680. The molecule has 146 valence electrons. The lowest BCUT2D eigenvalue weighted by atomic mass is 9.95. The lowest BCUT2D eigenvalue weighted by molar-refractivity contribution is -0.116. The van der Waals surface area contributed by atoms with Crippen LogP contribution in [0, 0.1) is 13.8 Å². The standard InChI is InChI=1S/C19H24BrN3O3S/c1-10(2)26-19(25)16-13-7-5-6-8-14(13)27-18(16)21-15(24)9-23-12(4)17(20)11(3)22-23/h10H,5-9H2,1-4H3,(H,21,24). The van der Waals surface area contributed by atoms with Crippen molar-refractivity contribution in [3.05, 3.63) is 31.9 Å². The summed E-state index contributed by atoms with van der Waals surface area (Å²) in [6.07, 6.45) is 3.77. The summed E-state index contributed by atoms with van der Waals surface area (Å²) in [5, 5.41) is 7.90. The molecule has 1 N–H and O–H groups in total. The van der Waals surface area contributed by atoms with Crippen LogP contribution in [0.1, 0.15) is 58.9 Å². The van der Waals surface area contributed by atoms with E-state index in [4.69, 9.17) is 4.74 Å². The van der Waals surface area contributed by atoms with Crippen LogP contribution in [-0.4, -0.2) is 27.8 Å². The Morgan fingerprint density at radius 1 is 1.30 bits per heavy atom. The number of amides is 1. The van der Waals surface area contributed by atoms with E-state index >= 15 is 0 Å². The molecule has 0 atom stereocenters. The maximum absolute atomic E-state index is 12.7. The van der Waals surface area contributed by atoms with Crippen LogP contribution in [0.4, 0.5) is 5.00 Å². The first kappa shape index (κ1) is 20.1. The Kier molecular flexibility index (Phi) is 6.05. The van der Waals surface area contributed by atoms with Crippen LogP contribution < -0.4 is 5.32 Å². The lowest BCUT2D eigenvalue weighted by Crippen LogP contribution is -2.22. The van der Waals surface area contributed by atoms with Gasteiger partial charge in [-0.15, -0.1) is 11.3 Å². The van der Waals surface area contributed by atoms with Gasteiger partial charge in [0.2, 0.25) is 5.91 Å². The molecule has 0 fully saturated rings. The van der Waals surface area contributed by atoms with Gasteiger partial charge in [0.25, 0.3) is 0 Å². The summed E-state index contributed by atoms with van der Waals surface area (Å²) in [6, 6.07) is 0. The predicted octanol–water partition coefficient (Wildman–Crippen LogP) is 4.41. The highest BCUT2D eigenvalue weighted by Gasteiger charge is 2.28. The summed E-state index contributed by atoms with van der Waals surface area (Å²) in [5.74, 6) is -0.557. The lowest BCUT2D eigenvalue weighted by Gasteiger charge is -2.14. The third-order valence-corrected chi connectivity index (χ3v) is 6.91. The van der Waals surface area contributed by atoms with Crippen molar-refractivity contribution < 1.29 is 14.3 Å². The van der Waals surface area contributed by atoms with Crippen molar-refractivity contribution in [2.45, 2.75) is 66.0 Å². The first-order valence-electron chi connectivity index (χ1n) is 9.12. The fourth-order valence-electron chi connectivity index (χ4n) is 3.27. The monoisotopic (exact) mass is 453 g/mol. The molecule has 2 heterocycles. The third-order valence-electron chi connectivity index (χ3n) is 4.56. The Bertz CT molecular complexity index is 885. The van der Waals surface area contributed by atoms with E-state index in [0.29, 0.717) is 10.6 Å². The van der Waals surface area contributed by atoms with Crippen molar-refractivity contribution in [2.24, 2.45) is 0 Å². The van der Waals surface area contributed by atoms with Gasteiger partial charge in [0.15, 0.2) is 0 Å². The molecule has 0 aliphatic heterocycles. The van der Waals surface area contributed by atoms with Crippen LogP contribution in [0.5, 0.6) is 0 Å². The van der Waals surface area contributed by atoms with Gasteiger partial charge >= 0.3 is 5.97 Å². The number of aromatic nitrogens is 2. The van der Waals surface area contributed by atoms with Crippen molar-refractivity contribution in [3.8, 4) is 0 Å². The van der Waals surface area contributed by atoms with Crippen molar-refractivity contribution >= 4 is 44.1 Å². The molecule has 1 amide bonds. The van der Waals surface area contributed by atoms with E-state index < -0.39 is 0 Å². The summed E-state index contributed by atoms with van der Waals surface area (Å²) < 4.78 is 8.00. The topological polar surface area (TPSA) is 73.2 Å². The average molecular weight is 454 g/mol. The number of rotatable bonds is 5. The van der Waals surface area contributed by atoms with E-state index in [-0.39, 0.29) is 24.5 Å². The van der Waals surface area contributed by atoms with E-state index in [2.05, 4.69) is 26.3 Å². The van der Waals surface area contributed by atoms with Crippen molar-refractivity contribution in [1.29, 1.82) is 0 Å². The zero-order valence-electron chi connectivity index (χ0n) is 16.0. The molecule has 6 nitrogen and oxygen atoms in total. The van der Waals surface area contributed by atoms with Crippen LogP contribution in [0.25, 0.3) is 0 Å². The Labute approximate surface area is 171 Å². The molecule has 0 unspecified atom stereocenters. The highest BCUT2D eigenvalue weighted by molar-refractivity contribution is 9.10. The number of nitrogens with one attached hydrogen (secondary N) is 1. The number of halogens is 1. The van der Waals surface area contributed by atoms with Crippen molar-refractivity contribution in [3.63, 3.8) is 0 Å². The van der Waals surface area contributed by atoms with E-state index in [9.17, 15) is 9.59 Å². The summed E-state index contributed by atoms with van der Waals surface area (Å²) >= 11 is 4.97. The van der Waals surface area contributed by atoms with Crippen LogP contribution in [0.15, 0.2) is 4.47 Å². The molecule has 0 spiro atoms. The molecule has 8 heteroatoms. The summed E-state index contributed by atoms with van der Waals surface area (Å²) in [5.41, 5.74) is 3.31. The zero-order chi connectivity index (χ0) is 19.7. The second-order valence-corrected chi connectivity index (χ2v) is 8.96. The minimum atomic E-state index is -0.353. The Morgan fingerprint density at radius 3 is 2.63 bits per heavy atom. The predicted molar refractivity (Wildman–Crippen MR) is 110 cm³/mol. The number of esters is 1. The number of fused-ring (bicyclic) bond motifs is 1. The SMILES string of the molecule is Cc1nn(CC(=O)Nc2sc3c(c2C(=O)OC(C)C)CCCC3)c(C)c1Br. The van der Waals surface area contributed by atoms with Gasteiger partial charge in [0.05, 0.1) is 27.5 Å². The number of hydrogen-bond donors (Lipinski definition) is 1. The molecule has 3 rings (SSSR count). The molecule has 2 aromatic heterocycles. The van der Waals surface area contributed by atoms with Gasteiger partial charge < -0.3 is 10.1 Å². The van der Waals surface area contributed by atoms with Crippen LogP contribution in [-0.2, 0) is 28.9 Å². The van der Waals surface area contributed by atoms with Gasteiger partial charge in [0, 0.05) is 4.88 Å². The maximum atomic E-state index is 12.7. The third kappa shape index (κ3) is 4.27. The fourth-order valence-corrected chi connectivity index (χ4v) is 4.85. The van der Waals surface area contributed by atoms with Gasteiger partial charge in [0.1, 0.15) is 11.5 Å². The number of nitrogens with zero attached hydrogens (tertiary/aromatic N) is 2. The Balaban J connectivity index is 1.85. The largest absolute Gasteiger partial charge is 0.459 e. The molecule has 1 aliphatic carbocycles. The molecule has 0 saturated carbocycles. The molecule has 0 aromatic carbocycles. The number of hydrogen-bond acceptors (Lipinski definition) is 5. The van der Waals surface area contributed by atoms with Crippen molar-refractivity contribution in [2.75, 3.05) is 5.32 Å². The average Bonchev–Trinajstić information content (AvgIpc) is 3.06. The number of anilines is 1. The highest BCUT2D eigenvalue weighted by Crippen LogP contribution is 2.38. The van der Waals surface area contributed by atoms with Crippen LogP contribution in [0.3, 0.4) is 0 Å². The molecular formula is C19H24BrN3O3S. The van der Waals surface area contributed by atoms with E-state index in [0.717, 1.165) is 47.1 Å². The van der Waals surface area contributed by atoms with Gasteiger partial charge in [-0.05, 0) is 74.9 Å². The molecule has 0 bridgehead atoms. The summed E-state index contributed by atoms with van der Waals surface area (Å²) in [4.78, 5) is 26.5. The second kappa shape index (κ2) is 8.14. The van der Waals surface area contributed by atoms with Gasteiger partial charge in [-0.25, -0.2) is 4.79 Å². The van der Waals surface area contributed by atoms with Gasteiger partial charge in [-0.2, -0.15) is 5.10 Å². The van der Waals surface area contributed by atoms with Crippen LogP contribution >= 0.6 is 27.3 Å². The number of thiophene rings is 1. The highest BCUT2D eigenvalue weighted by atomic mass is 79.9. The maximum Gasteiger partial charge on any atom is 0.341 e. The van der Waals surface area contributed by atoms with E-state index in [1.54, 1.807) is 4.68 Å². The van der Waals surface area contributed by atoms with Gasteiger partial charge in [-0.1, -0.05) is 0 Å².